The molecule has 106 valence electrons. The fraction of sp³-hybridized carbons (Fsp3) is 0.571. The van der Waals surface area contributed by atoms with Gasteiger partial charge in [-0.05, 0) is 37.9 Å². The Morgan fingerprint density at radius 1 is 1.32 bits per heavy atom. The summed E-state index contributed by atoms with van der Waals surface area (Å²) >= 11 is 0. The van der Waals surface area contributed by atoms with Crippen molar-refractivity contribution in [2.75, 3.05) is 20.2 Å². The van der Waals surface area contributed by atoms with E-state index < -0.39 is 11.6 Å². The number of benzene rings is 1. The topological polar surface area (TPSA) is 32.7 Å². The van der Waals surface area contributed by atoms with E-state index >= 15 is 0 Å². The summed E-state index contributed by atoms with van der Waals surface area (Å²) in [5, 5.41) is 9.57. The number of halogens is 2. The van der Waals surface area contributed by atoms with E-state index in [0.29, 0.717) is 13.0 Å². The summed E-state index contributed by atoms with van der Waals surface area (Å²) in [5.41, 5.74) is 0.0377. The van der Waals surface area contributed by atoms with Gasteiger partial charge in [-0.25, -0.2) is 8.78 Å². The number of hydrogen-bond acceptors (Lipinski definition) is 3. The molecule has 0 spiro atoms. The van der Waals surface area contributed by atoms with Gasteiger partial charge in [0.2, 0.25) is 0 Å². The van der Waals surface area contributed by atoms with E-state index in [1.54, 1.807) is 0 Å². The highest BCUT2D eigenvalue weighted by Gasteiger charge is 2.20. The number of rotatable bonds is 3. The normalized spacial score (nSPS) is 21.2. The molecule has 0 saturated carbocycles. The first kappa shape index (κ1) is 14.2. The first-order chi connectivity index (χ1) is 9.11. The first-order valence-corrected chi connectivity index (χ1v) is 6.53. The van der Waals surface area contributed by atoms with Crippen LogP contribution in [-0.2, 0) is 6.54 Å². The highest BCUT2D eigenvalue weighted by atomic mass is 19.1. The maximum absolute atomic E-state index is 14.0. The van der Waals surface area contributed by atoms with Crippen molar-refractivity contribution in [1.29, 1.82) is 0 Å². The molecule has 1 aliphatic heterocycles. The third-order valence-corrected chi connectivity index (χ3v) is 3.54. The number of aliphatic hydroxyl groups is 1. The van der Waals surface area contributed by atoms with Gasteiger partial charge in [-0.2, -0.15) is 0 Å². The average molecular weight is 271 g/mol. The molecule has 5 heteroatoms. The summed E-state index contributed by atoms with van der Waals surface area (Å²) in [7, 11) is 1.36. The molecule has 1 heterocycles. The first-order valence-electron chi connectivity index (χ1n) is 6.53. The van der Waals surface area contributed by atoms with Crippen molar-refractivity contribution in [2.24, 2.45) is 0 Å². The van der Waals surface area contributed by atoms with Crippen LogP contribution in [0.2, 0.25) is 0 Å². The lowest BCUT2D eigenvalue weighted by atomic mass is 10.1. The Morgan fingerprint density at radius 2 is 2.11 bits per heavy atom. The summed E-state index contributed by atoms with van der Waals surface area (Å²) in [6.45, 7) is 1.60. The Balaban J connectivity index is 2.14. The lowest BCUT2D eigenvalue weighted by Crippen LogP contribution is -2.26. The van der Waals surface area contributed by atoms with Crippen molar-refractivity contribution in [3.63, 3.8) is 0 Å². The molecule has 0 aliphatic carbocycles. The summed E-state index contributed by atoms with van der Waals surface area (Å²) < 4.78 is 32.6. The molecule has 19 heavy (non-hydrogen) atoms. The standard InChI is InChI=1S/C14H19F2NO2/c1-19-13-5-4-12(15)11(14(13)16)9-17-7-2-3-10(18)6-8-17/h4-5,10,18H,2-3,6-9H2,1H3. The summed E-state index contributed by atoms with van der Waals surface area (Å²) in [6.07, 6.45) is 1.94. The average Bonchev–Trinajstić information content (AvgIpc) is 2.60. The number of nitrogens with zero attached hydrogens (tertiary/aromatic N) is 1. The van der Waals surface area contributed by atoms with Gasteiger partial charge in [0, 0.05) is 18.7 Å². The molecule has 1 N–H and O–H groups in total. The minimum atomic E-state index is -0.632. The van der Waals surface area contributed by atoms with Crippen LogP contribution in [0.4, 0.5) is 8.78 Å². The zero-order chi connectivity index (χ0) is 13.8. The van der Waals surface area contributed by atoms with Crippen LogP contribution in [0.25, 0.3) is 0 Å². The molecule has 1 aromatic rings. The number of aliphatic hydroxyl groups excluding tert-OH is 1. The lowest BCUT2D eigenvalue weighted by Gasteiger charge is -2.21. The van der Waals surface area contributed by atoms with Crippen LogP contribution in [-0.4, -0.2) is 36.3 Å². The van der Waals surface area contributed by atoms with Crippen LogP contribution in [0.15, 0.2) is 12.1 Å². The molecule has 1 aromatic carbocycles. The third kappa shape index (κ3) is 3.42. The fourth-order valence-corrected chi connectivity index (χ4v) is 2.40. The zero-order valence-electron chi connectivity index (χ0n) is 11.0. The SMILES string of the molecule is COc1ccc(F)c(CN2CCCC(O)CC2)c1F. The zero-order valence-corrected chi connectivity index (χ0v) is 11.0. The van der Waals surface area contributed by atoms with Gasteiger partial charge < -0.3 is 9.84 Å². The molecule has 0 bridgehead atoms. The number of methoxy groups -OCH3 is 1. The van der Waals surface area contributed by atoms with Gasteiger partial charge in [0.1, 0.15) is 5.82 Å². The van der Waals surface area contributed by atoms with Crippen LogP contribution < -0.4 is 4.74 Å². The Hall–Kier alpha value is -1.20. The van der Waals surface area contributed by atoms with E-state index in [1.807, 2.05) is 4.90 Å². The van der Waals surface area contributed by atoms with Gasteiger partial charge >= 0.3 is 0 Å². The maximum atomic E-state index is 14.0. The van der Waals surface area contributed by atoms with Crippen molar-refractivity contribution in [3.05, 3.63) is 29.3 Å². The van der Waals surface area contributed by atoms with Gasteiger partial charge in [-0.3, -0.25) is 4.90 Å². The molecule has 1 atom stereocenters. The second kappa shape index (κ2) is 6.30. The Morgan fingerprint density at radius 3 is 2.84 bits per heavy atom. The molecular weight excluding hydrogens is 252 g/mol. The smallest absolute Gasteiger partial charge is 0.172 e. The van der Waals surface area contributed by atoms with Crippen LogP contribution >= 0.6 is 0 Å². The van der Waals surface area contributed by atoms with E-state index in [-0.39, 0.29) is 24.0 Å². The van der Waals surface area contributed by atoms with Crippen molar-refractivity contribution >= 4 is 0 Å². The molecule has 0 amide bonds. The quantitative estimate of drug-likeness (QED) is 0.915. The molecule has 1 fully saturated rings. The van der Waals surface area contributed by atoms with Gasteiger partial charge in [0.05, 0.1) is 13.2 Å². The van der Waals surface area contributed by atoms with Crippen molar-refractivity contribution < 1.29 is 18.6 Å². The molecule has 1 saturated heterocycles. The van der Waals surface area contributed by atoms with Crippen LogP contribution in [0.3, 0.4) is 0 Å². The summed E-state index contributed by atoms with van der Waals surface area (Å²) in [6, 6.07) is 2.52. The van der Waals surface area contributed by atoms with Gasteiger partial charge in [0.25, 0.3) is 0 Å². The Bertz CT molecular complexity index is 440. The Labute approximate surface area is 111 Å². The number of ether oxygens (including phenoxy) is 1. The monoisotopic (exact) mass is 271 g/mol. The molecular formula is C14H19F2NO2. The van der Waals surface area contributed by atoms with E-state index in [4.69, 9.17) is 4.74 Å². The maximum Gasteiger partial charge on any atom is 0.172 e. The molecule has 2 rings (SSSR count). The molecule has 3 nitrogen and oxygen atoms in total. The third-order valence-electron chi connectivity index (χ3n) is 3.54. The van der Waals surface area contributed by atoms with Crippen molar-refractivity contribution in [3.8, 4) is 5.75 Å². The Kier molecular flexibility index (Phi) is 4.71. The van der Waals surface area contributed by atoms with Crippen LogP contribution in [0.5, 0.6) is 5.75 Å². The predicted octanol–water partition coefficient (Wildman–Crippen LogP) is 2.32. The van der Waals surface area contributed by atoms with E-state index in [1.165, 1.54) is 19.2 Å². The molecule has 1 aliphatic rings. The second-order valence-corrected chi connectivity index (χ2v) is 4.90. The van der Waals surface area contributed by atoms with Crippen LogP contribution in [0.1, 0.15) is 24.8 Å². The van der Waals surface area contributed by atoms with Crippen molar-refractivity contribution in [1.82, 2.24) is 4.90 Å². The number of hydrogen-bond donors (Lipinski definition) is 1. The van der Waals surface area contributed by atoms with Crippen LogP contribution in [0, 0.1) is 11.6 Å². The van der Waals surface area contributed by atoms with E-state index in [9.17, 15) is 13.9 Å². The minimum absolute atomic E-state index is 0.0377. The van der Waals surface area contributed by atoms with Crippen molar-refractivity contribution in [2.45, 2.75) is 31.9 Å². The number of likely N-dealkylation sites (tertiary alicyclic amines) is 1. The van der Waals surface area contributed by atoms with Gasteiger partial charge in [0.15, 0.2) is 11.6 Å². The highest BCUT2D eigenvalue weighted by molar-refractivity contribution is 5.32. The van der Waals surface area contributed by atoms with E-state index in [0.717, 1.165) is 19.4 Å². The van der Waals surface area contributed by atoms with Gasteiger partial charge in [-0.15, -0.1) is 0 Å². The minimum Gasteiger partial charge on any atom is -0.494 e. The molecule has 0 aromatic heterocycles. The lowest BCUT2D eigenvalue weighted by molar-refractivity contribution is 0.154. The van der Waals surface area contributed by atoms with E-state index in [2.05, 4.69) is 0 Å². The molecule has 0 radical (unpaired) electrons. The highest BCUT2D eigenvalue weighted by Crippen LogP contribution is 2.25. The summed E-state index contributed by atoms with van der Waals surface area (Å²) in [5.74, 6) is -1.12. The van der Waals surface area contributed by atoms with Gasteiger partial charge in [-0.1, -0.05) is 0 Å². The second-order valence-electron chi connectivity index (χ2n) is 4.90. The largest absolute Gasteiger partial charge is 0.494 e. The molecule has 1 unspecified atom stereocenters. The predicted molar refractivity (Wildman–Crippen MR) is 68.0 cm³/mol. The summed E-state index contributed by atoms with van der Waals surface area (Å²) in [4.78, 5) is 1.97. The fourth-order valence-electron chi connectivity index (χ4n) is 2.40.